The van der Waals surface area contributed by atoms with Crippen LogP contribution in [0.5, 0.6) is 0 Å². The van der Waals surface area contributed by atoms with Crippen LogP contribution < -0.4 is 4.90 Å². The van der Waals surface area contributed by atoms with Crippen molar-refractivity contribution < 1.29 is 14.3 Å². The Morgan fingerprint density at radius 3 is 2.39 bits per heavy atom. The van der Waals surface area contributed by atoms with Crippen molar-refractivity contribution in [1.82, 2.24) is 4.90 Å². The molecule has 0 spiro atoms. The van der Waals surface area contributed by atoms with E-state index < -0.39 is 0 Å². The van der Waals surface area contributed by atoms with Crippen LogP contribution in [0.4, 0.5) is 10.5 Å². The average molecular weight is 334 g/mol. The average Bonchev–Trinajstić information content (AvgIpc) is 2.82. The molecule has 2 rings (SSSR count). The lowest BCUT2D eigenvalue weighted by molar-refractivity contribution is -0.123. The Morgan fingerprint density at radius 2 is 1.83 bits per heavy atom. The lowest BCUT2D eigenvalue weighted by atomic mass is 10.1. The minimum absolute atomic E-state index is 0.238. The summed E-state index contributed by atoms with van der Waals surface area (Å²) in [6.45, 7) is 6.78. The van der Waals surface area contributed by atoms with Crippen LogP contribution in [0.3, 0.4) is 0 Å². The summed E-state index contributed by atoms with van der Waals surface area (Å²) in [6.07, 6.45) is 1.77. The smallest absolute Gasteiger partial charge is 0.293 e. The summed E-state index contributed by atoms with van der Waals surface area (Å²) in [4.78, 5) is 28.1. The van der Waals surface area contributed by atoms with Crippen LogP contribution in [0.1, 0.15) is 19.4 Å². The van der Waals surface area contributed by atoms with Crippen molar-refractivity contribution >= 4 is 34.7 Å². The van der Waals surface area contributed by atoms with Gasteiger partial charge in [0.2, 0.25) is 0 Å². The maximum absolute atomic E-state index is 12.2. The van der Waals surface area contributed by atoms with Crippen molar-refractivity contribution in [2.45, 2.75) is 13.8 Å². The molecule has 0 unspecified atom stereocenters. The minimum atomic E-state index is -0.245. The Morgan fingerprint density at radius 1 is 1.17 bits per heavy atom. The molecular formula is C17H22N2O3S. The van der Waals surface area contributed by atoms with Crippen LogP contribution in [0.25, 0.3) is 6.08 Å². The summed E-state index contributed by atoms with van der Waals surface area (Å²) >= 11 is 0.979. The Labute approximate surface area is 141 Å². The van der Waals surface area contributed by atoms with Gasteiger partial charge in [-0.3, -0.25) is 14.5 Å². The van der Waals surface area contributed by atoms with Gasteiger partial charge in [-0.25, -0.2) is 0 Å². The number of thioether (sulfide) groups is 1. The second kappa shape index (κ2) is 8.17. The minimum Gasteiger partial charge on any atom is -0.383 e. The lowest BCUT2D eigenvalue weighted by Gasteiger charge is -2.20. The number of imide groups is 1. The number of hydrogen-bond acceptors (Lipinski definition) is 5. The molecule has 1 aliphatic heterocycles. The van der Waals surface area contributed by atoms with Crippen molar-refractivity contribution in [3.8, 4) is 0 Å². The fraction of sp³-hybridized carbons (Fsp3) is 0.412. The highest BCUT2D eigenvalue weighted by molar-refractivity contribution is 8.18. The fourth-order valence-corrected chi connectivity index (χ4v) is 3.26. The Kier molecular flexibility index (Phi) is 6.24. The molecule has 0 radical (unpaired) electrons. The predicted molar refractivity (Wildman–Crippen MR) is 94.6 cm³/mol. The maximum atomic E-state index is 12.2. The molecule has 1 fully saturated rings. The SMILES string of the molecule is CCN(CC)c1ccc(/C=C2/SC(=O)N(CCOC)C2=O)cc1. The predicted octanol–water partition coefficient (Wildman–Crippen LogP) is 3.22. The van der Waals surface area contributed by atoms with E-state index in [2.05, 4.69) is 18.7 Å². The van der Waals surface area contributed by atoms with E-state index in [0.29, 0.717) is 18.1 Å². The Balaban J connectivity index is 2.13. The van der Waals surface area contributed by atoms with Gasteiger partial charge in [-0.05, 0) is 49.4 Å². The van der Waals surface area contributed by atoms with Crippen LogP contribution in [0.2, 0.25) is 0 Å². The van der Waals surface area contributed by atoms with E-state index in [9.17, 15) is 9.59 Å². The fourth-order valence-electron chi connectivity index (χ4n) is 2.40. The molecule has 1 saturated heterocycles. The van der Waals surface area contributed by atoms with Crippen LogP contribution in [0, 0.1) is 0 Å². The van der Waals surface area contributed by atoms with E-state index in [1.54, 1.807) is 13.2 Å². The summed E-state index contributed by atoms with van der Waals surface area (Å²) in [6, 6.07) is 8.01. The summed E-state index contributed by atoms with van der Waals surface area (Å²) < 4.78 is 4.93. The second-order valence-electron chi connectivity index (χ2n) is 5.09. The molecule has 0 aromatic heterocycles. The van der Waals surface area contributed by atoms with Crippen LogP contribution in [-0.4, -0.2) is 49.4 Å². The molecule has 0 bridgehead atoms. The molecule has 1 aliphatic rings. The number of methoxy groups -OCH3 is 1. The first-order chi connectivity index (χ1) is 11.1. The van der Waals surface area contributed by atoms with Gasteiger partial charge in [0.1, 0.15) is 0 Å². The van der Waals surface area contributed by atoms with Gasteiger partial charge >= 0.3 is 0 Å². The summed E-state index contributed by atoms with van der Waals surface area (Å²) in [5.41, 5.74) is 2.07. The third kappa shape index (κ3) is 4.14. The van der Waals surface area contributed by atoms with E-state index in [0.717, 1.165) is 36.1 Å². The Bertz CT molecular complexity index is 594. The van der Waals surface area contributed by atoms with E-state index in [1.807, 2.05) is 24.3 Å². The van der Waals surface area contributed by atoms with Gasteiger partial charge < -0.3 is 9.64 Å². The molecular weight excluding hydrogens is 312 g/mol. The number of hydrogen-bond donors (Lipinski definition) is 0. The zero-order valence-electron chi connectivity index (χ0n) is 13.7. The number of anilines is 1. The molecule has 2 amide bonds. The number of rotatable bonds is 7. The van der Waals surface area contributed by atoms with Gasteiger partial charge in [-0.1, -0.05) is 12.1 Å². The van der Waals surface area contributed by atoms with Crippen LogP contribution in [0.15, 0.2) is 29.2 Å². The summed E-state index contributed by atoms with van der Waals surface area (Å²) in [5.74, 6) is -0.245. The number of nitrogens with zero attached hydrogens (tertiary/aromatic N) is 2. The molecule has 1 aromatic rings. The van der Waals surface area contributed by atoms with Crippen LogP contribution >= 0.6 is 11.8 Å². The van der Waals surface area contributed by atoms with Crippen molar-refractivity contribution in [3.63, 3.8) is 0 Å². The van der Waals surface area contributed by atoms with E-state index >= 15 is 0 Å². The zero-order chi connectivity index (χ0) is 16.8. The number of amides is 2. The summed E-state index contributed by atoms with van der Waals surface area (Å²) in [7, 11) is 1.55. The van der Waals surface area contributed by atoms with Crippen molar-refractivity contribution in [3.05, 3.63) is 34.7 Å². The Hall–Kier alpha value is -1.79. The van der Waals surface area contributed by atoms with Gasteiger partial charge in [-0.2, -0.15) is 0 Å². The summed E-state index contributed by atoms with van der Waals surface area (Å²) in [5, 5.41) is -0.238. The maximum Gasteiger partial charge on any atom is 0.293 e. The first kappa shape index (κ1) is 17.6. The van der Waals surface area contributed by atoms with Gasteiger partial charge in [0.25, 0.3) is 11.1 Å². The third-order valence-electron chi connectivity index (χ3n) is 3.71. The molecule has 0 saturated carbocycles. The lowest BCUT2D eigenvalue weighted by Crippen LogP contribution is -2.31. The van der Waals surface area contributed by atoms with Crippen LogP contribution in [-0.2, 0) is 9.53 Å². The standard InChI is InChI=1S/C17H22N2O3S/c1-4-18(5-2)14-8-6-13(7-9-14)12-15-16(20)19(10-11-22-3)17(21)23-15/h6-9,12H,4-5,10-11H2,1-3H3/b15-12+. The first-order valence-electron chi connectivity index (χ1n) is 7.70. The van der Waals surface area contributed by atoms with Crippen molar-refractivity contribution in [2.75, 3.05) is 38.3 Å². The monoisotopic (exact) mass is 334 g/mol. The molecule has 0 aliphatic carbocycles. The largest absolute Gasteiger partial charge is 0.383 e. The molecule has 1 aromatic carbocycles. The number of ether oxygens (including phenoxy) is 1. The van der Waals surface area contributed by atoms with Crippen molar-refractivity contribution in [1.29, 1.82) is 0 Å². The second-order valence-corrected chi connectivity index (χ2v) is 6.08. The van der Waals surface area contributed by atoms with Gasteiger partial charge in [0, 0.05) is 25.9 Å². The molecule has 0 atom stereocenters. The highest BCUT2D eigenvalue weighted by atomic mass is 32.2. The molecule has 1 heterocycles. The first-order valence-corrected chi connectivity index (χ1v) is 8.51. The van der Waals surface area contributed by atoms with E-state index in [-0.39, 0.29) is 11.1 Å². The number of carbonyl (C=O) groups excluding carboxylic acids is 2. The quantitative estimate of drug-likeness (QED) is 0.717. The third-order valence-corrected chi connectivity index (χ3v) is 4.62. The topological polar surface area (TPSA) is 49.9 Å². The molecule has 23 heavy (non-hydrogen) atoms. The molecule has 124 valence electrons. The highest BCUT2D eigenvalue weighted by Crippen LogP contribution is 2.32. The number of benzene rings is 1. The number of carbonyl (C=O) groups is 2. The van der Waals surface area contributed by atoms with E-state index in [4.69, 9.17) is 4.74 Å². The van der Waals surface area contributed by atoms with E-state index in [1.165, 1.54) is 4.90 Å². The normalized spacial score (nSPS) is 16.5. The molecule has 5 nitrogen and oxygen atoms in total. The molecule has 0 N–H and O–H groups in total. The van der Waals surface area contributed by atoms with Gasteiger partial charge in [0.05, 0.1) is 18.1 Å². The van der Waals surface area contributed by atoms with Gasteiger partial charge in [-0.15, -0.1) is 0 Å². The van der Waals surface area contributed by atoms with Crippen molar-refractivity contribution in [2.24, 2.45) is 0 Å². The zero-order valence-corrected chi connectivity index (χ0v) is 14.6. The van der Waals surface area contributed by atoms with Gasteiger partial charge in [0.15, 0.2) is 0 Å². The highest BCUT2D eigenvalue weighted by Gasteiger charge is 2.34. The molecule has 6 heteroatoms.